The first-order chi connectivity index (χ1) is 14.5. The maximum absolute atomic E-state index is 12.8. The second-order valence-electron chi connectivity index (χ2n) is 7.49. The van der Waals surface area contributed by atoms with Crippen LogP contribution in [-0.2, 0) is 10.0 Å². The maximum Gasteiger partial charge on any atom is 0.267 e. The van der Waals surface area contributed by atoms with E-state index in [0.717, 1.165) is 0 Å². The molecule has 1 heterocycles. The summed E-state index contributed by atoms with van der Waals surface area (Å²) in [6, 6.07) is 17.7. The zero-order valence-corrected chi connectivity index (χ0v) is 18.1. The largest absolute Gasteiger partial charge is 0.321 e. The van der Waals surface area contributed by atoms with Gasteiger partial charge in [-0.2, -0.15) is 0 Å². The van der Waals surface area contributed by atoms with E-state index >= 15 is 0 Å². The highest BCUT2D eigenvalue weighted by Gasteiger charge is 2.20. The second-order valence-corrected chi connectivity index (χ2v) is 10.1. The Balaban J connectivity index is 1.45. The first kappa shape index (κ1) is 20.6. The van der Waals surface area contributed by atoms with Gasteiger partial charge in [-0.25, -0.2) is 8.42 Å². The van der Waals surface area contributed by atoms with Crippen LogP contribution in [0.5, 0.6) is 0 Å². The van der Waals surface area contributed by atoms with Gasteiger partial charge in [-0.15, -0.1) is 11.3 Å². The third kappa shape index (κ3) is 4.74. The number of sulfonamides is 1. The van der Waals surface area contributed by atoms with Crippen LogP contribution >= 0.6 is 11.3 Å². The quantitative estimate of drug-likeness (QED) is 0.505. The summed E-state index contributed by atoms with van der Waals surface area (Å²) in [6.07, 6.45) is 6.34. The van der Waals surface area contributed by atoms with Gasteiger partial charge in [-0.1, -0.05) is 49.6 Å². The second kappa shape index (κ2) is 9.02. The molecular weight excluding hydrogens is 416 g/mol. The molecule has 1 aliphatic rings. The summed E-state index contributed by atoms with van der Waals surface area (Å²) >= 11 is 1.20. The van der Waals surface area contributed by atoms with Crippen molar-refractivity contribution < 1.29 is 13.2 Å². The molecule has 5 nitrogen and oxygen atoms in total. The Labute approximate surface area is 181 Å². The number of rotatable bonds is 6. The lowest BCUT2D eigenvalue weighted by atomic mass is 9.84. The predicted molar refractivity (Wildman–Crippen MR) is 122 cm³/mol. The molecule has 4 rings (SSSR count). The molecule has 1 amide bonds. The van der Waals surface area contributed by atoms with E-state index in [2.05, 4.69) is 22.2 Å². The van der Waals surface area contributed by atoms with Crippen LogP contribution in [0, 0.1) is 0 Å². The third-order valence-corrected chi connectivity index (χ3v) is 7.71. The first-order valence-corrected chi connectivity index (χ1v) is 12.5. The van der Waals surface area contributed by atoms with E-state index in [-0.39, 0.29) is 16.5 Å². The standard InChI is InChI=1S/C23H24N2O3S2/c26-23(24-19-13-11-18(12-14-19)17-7-3-1-4-8-17)22-21(15-16-29-22)25-30(27,28)20-9-5-2-6-10-20/h2,5-6,9-17,25H,1,3-4,7-8H2,(H,24,26). The fourth-order valence-electron chi connectivity index (χ4n) is 3.83. The van der Waals surface area contributed by atoms with Crippen molar-refractivity contribution in [2.24, 2.45) is 0 Å². The van der Waals surface area contributed by atoms with Gasteiger partial charge in [0.05, 0.1) is 10.6 Å². The van der Waals surface area contributed by atoms with Gasteiger partial charge in [-0.05, 0) is 60.0 Å². The van der Waals surface area contributed by atoms with Crippen molar-refractivity contribution in [2.75, 3.05) is 10.0 Å². The summed E-state index contributed by atoms with van der Waals surface area (Å²) in [6.45, 7) is 0. The molecule has 1 aliphatic carbocycles. The normalized spacial score (nSPS) is 14.9. The molecule has 1 fully saturated rings. The molecule has 0 atom stereocenters. The third-order valence-electron chi connectivity index (χ3n) is 5.41. The van der Waals surface area contributed by atoms with E-state index in [1.807, 2.05) is 12.1 Å². The molecule has 3 aromatic rings. The number of hydrogen-bond donors (Lipinski definition) is 2. The lowest BCUT2D eigenvalue weighted by Gasteiger charge is -2.22. The maximum atomic E-state index is 12.8. The van der Waals surface area contributed by atoms with Gasteiger partial charge in [0, 0.05) is 5.69 Å². The van der Waals surface area contributed by atoms with Crippen molar-refractivity contribution in [1.82, 2.24) is 0 Å². The van der Waals surface area contributed by atoms with Gasteiger partial charge in [0.2, 0.25) is 0 Å². The van der Waals surface area contributed by atoms with Crippen LogP contribution in [0.3, 0.4) is 0 Å². The van der Waals surface area contributed by atoms with Crippen molar-refractivity contribution in [3.05, 3.63) is 76.5 Å². The highest BCUT2D eigenvalue weighted by Crippen LogP contribution is 2.33. The summed E-state index contributed by atoms with van der Waals surface area (Å²) in [5.41, 5.74) is 2.30. The van der Waals surface area contributed by atoms with Gasteiger partial charge in [-0.3, -0.25) is 9.52 Å². The van der Waals surface area contributed by atoms with Crippen LogP contribution in [0.1, 0.15) is 53.3 Å². The molecule has 0 aliphatic heterocycles. The molecule has 7 heteroatoms. The number of amides is 1. The van der Waals surface area contributed by atoms with Crippen LogP contribution in [-0.4, -0.2) is 14.3 Å². The molecule has 1 saturated carbocycles. The Morgan fingerprint density at radius 2 is 1.60 bits per heavy atom. The SMILES string of the molecule is O=C(Nc1ccc(C2CCCCC2)cc1)c1sccc1NS(=O)(=O)c1ccccc1. The predicted octanol–water partition coefficient (Wildman–Crippen LogP) is 5.85. The molecule has 0 spiro atoms. The van der Waals surface area contributed by atoms with Crippen LogP contribution in [0.25, 0.3) is 0 Å². The van der Waals surface area contributed by atoms with Crippen molar-refractivity contribution in [3.63, 3.8) is 0 Å². The van der Waals surface area contributed by atoms with Crippen LogP contribution in [0.4, 0.5) is 11.4 Å². The zero-order chi connectivity index (χ0) is 21.0. The summed E-state index contributed by atoms with van der Waals surface area (Å²) < 4.78 is 27.7. The monoisotopic (exact) mass is 440 g/mol. The van der Waals surface area contributed by atoms with E-state index < -0.39 is 10.0 Å². The topological polar surface area (TPSA) is 75.3 Å². The molecule has 0 radical (unpaired) electrons. The number of nitrogens with one attached hydrogen (secondary N) is 2. The number of thiophene rings is 1. The Kier molecular flexibility index (Phi) is 6.20. The van der Waals surface area contributed by atoms with Crippen molar-refractivity contribution in [2.45, 2.75) is 42.9 Å². The zero-order valence-electron chi connectivity index (χ0n) is 16.5. The first-order valence-electron chi connectivity index (χ1n) is 10.1. The number of carbonyl (C=O) groups is 1. The number of carbonyl (C=O) groups excluding carboxylic acids is 1. The molecule has 156 valence electrons. The molecule has 30 heavy (non-hydrogen) atoms. The fourth-order valence-corrected chi connectivity index (χ4v) is 5.73. The molecule has 0 unspecified atom stereocenters. The fraction of sp³-hybridized carbons (Fsp3) is 0.261. The van der Waals surface area contributed by atoms with E-state index in [1.54, 1.807) is 29.6 Å². The van der Waals surface area contributed by atoms with E-state index in [0.29, 0.717) is 16.5 Å². The average Bonchev–Trinajstić information content (AvgIpc) is 3.23. The van der Waals surface area contributed by atoms with Gasteiger partial charge < -0.3 is 5.32 Å². The summed E-state index contributed by atoms with van der Waals surface area (Å²) in [5.74, 6) is 0.279. The molecule has 0 bridgehead atoms. The minimum Gasteiger partial charge on any atom is -0.321 e. The minimum atomic E-state index is -3.75. The van der Waals surface area contributed by atoms with Crippen molar-refractivity contribution in [1.29, 1.82) is 0 Å². The average molecular weight is 441 g/mol. The Morgan fingerprint density at radius 3 is 2.30 bits per heavy atom. The van der Waals surface area contributed by atoms with Gasteiger partial charge >= 0.3 is 0 Å². The molecule has 2 aromatic carbocycles. The number of benzene rings is 2. The Morgan fingerprint density at radius 1 is 0.900 bits per heavy atom. The Bertz CT molecular complexity index is 1100. The van der Waals surface area contributed by atoms with E-state index in [1.165, 1.54) is 61.1 Å². The minimum absolute atomic E-state index is 0.154. The van der Waals surface area contributed by atoms with Crippen LogP contribution in [0.15, 0.2) is 70.9 Å². The van der Waals surface area contributed by atoms with Crippen molar-refractivity contribution in [3.8, 4) is 0 Å². The van der Waals surface area contributed by atoms with Crippen molar-refractivity contribution >= 4 is 38.6 Å². The van der Waals surface area contributed by atoms with Gasteiger partial charge in [0.15, 0.2) is 0 Å². The Hall–Kier alpha value is -2.64. The smallest absolute Gasteiger partial charge is 0.267 e. The highest BCUT2D eigenvalue weighted by molar-refractivity contribution is 7.92. The molecule has 2 N–H and O–H groups in total. The molecular formula is C23H24N2O3S2. The van der Waals surface area contributed by atoms with Crippen LogP contribution in [0.2, 0.25) is 0 Å². The van der Waals surface area contributed by atoms with E-state index in [4.69, 9.17) is 0 Å². The lowest BCUT2D eigenvalue weighted by molar-refractivity contribution is 0.103. The van der Waals surface area contributed by atoms with Gasteiger partial charge in [0.1, 0.15) is 4.88 Å². The number of hydrogen-bond acceptors (Lipinski definition) is 4. The molecule has 0 saturated heterocycles. The summed E-state index contributed by atoms with van der Waals surface area (Å²) in [7, 11) is -3.75. The summed E-state index contributed by atoms with van der Waals surface area (Å²) in [4.78, 5) is 13.2. The molecule has 1 aromatic heterocycles. The highest BCUT2D eigenvalue weighted by atomic mass is 32.2. The van der Waals surface area contributed by atoms with Gasteiger partial charge in [0.25, 0.3) is 15.9 Å². The number of anilines is 2. The van der Waals surface area contributed by atoms with E-state index in [9.17, 15) is 13.2 Å². The lowest BCUT2D eigenvalue weighted by Crippen LogP contribution is -2.17. The summed E-state index contributed by atoms with van der Waals surface area (Å²) in [5, 5.41) is 4.58. The van der Waals surface area contributed by atoms with Crippen LogP contribution < -0.4 is 10.0 Å².